The number of carbonyl (C=O) groups is 2. The van der Waals surface area contributed by atoms with E-state index >= 15 is 0 Å². The number of hydrogen-bond acceptors (Lipinski definition) is 5. The van der Waals surface area contributed by atoms with Crippen LogP contribution in [0.3, 0.4) is 0 Å². The molecule has 1 heterocycles. The summed E-state index contributed by atoms with van der Waals surface area (Å²) in [6, 6.07) is 10.2. The molecule has 0 aromatic heterocycles. The van der Waals surface area contributed by atoms with Gasteiger partial charge < -0.3 is 24.6 Å². The highest BCUT2D eigenvalue weighted by Crippen LogP contribution is 2.48. The molecule has 0 unspecified atom stereocenters. The maximum Gasteiger partial charge on any atom is 0.586 e. The molecule has 1 fully saturated rings. The number of fused-ring (bicyclic) bond motifs is 1. The standard InChI is InChI=1S/C25H27F2NO6/c1-16-7-6-8-17(13-16)9-12-32-19-14-18(15-20-21(19)34-25(26,27)33-20)22(29)28-24(23(30)31)10-4-2-3-5-11-24/h6-8,13-15H,2-5,9-12H2,1H3,(H,28,29)(H,30,31). The summed E-state index contributed by atoms with van der Waals surface area (Å²) in [6.07, 6.45) is 0.349. The molecule has 7 nitrogen and oxygen atoms in total. The number of amides is 1. The molecule has 2 N–H and O–H groups in total. The number of nitrogens with one attached hydrogen (secondary N) is 1. The van der Waals surface area contributed by atoms with Crippen LogP contribution in [0.4, 0.5) is 8.78 Å². The van der Waals surface area contributed by atoms with Gasteiger partial charge in [0.05, 0.1) is 6.61 Å². The van der Waals surface area contributed by atoms with Gasteiger partial charge in [0.1, 0.15) is 5.54 Å². The predicted octanol–water partition coefficient (Wildman–Crippen LogP) is 4.85. The lowest BCUT2D eigenvalue weighted by molar-refractivity contribution is -0.287. The molecule has 1 aliphatic heterocycles. The van der Waals surface area contributed by atoms with Crippen LogP contribution >= 0.6 is 0 Å². The smallest absolute Gasteiger partial charge is 0.489 e. The summed E-state index contributed by atoms with van der Waals surface area (Å²) in [7, 11) is 0. The van der Waals surface area contributed by atoms with Gasteiger partial charge in [-0.1, -0.05) is 55.5 Å². The van der Waals surface area contributed by atoms with Crippen LogP contribution in [0.1, 0.15) is 60.0 Å². The van der Waals surface area contributed by atoms with E-state index in [0.717, 1.165) is 30.0 Å². The van der Waals surface area contributed by atoms with Crippen LogP contribution in [0.25, 0.3) is 0 Å². The molecule has 182 valence electrons. The zero-order chi connectivity index (χ0) is 24.3. The van der Waals surface area contributed by atoms with Crippen LogP contribution < -0.4 is 19.5 Å². The van der Waals surface area contributed by atoms with Gasteiger partial charge in [-0.15, -0.1) is 8.78 Å². The zero-order valence-electron chi connectivity index (χ0n) is 18.9. The van der Waals surface area contributed by atoms with Crippen LogP contribution in [0.15, 0.2) is 36.4 Å². The van der Waals surface area contributed by atoms with E-state index in [2.05, 4.69) is 14.8 Å². The van der Waals surface area contributed by atoms with Gasteiger partial charge in [0.15, 0.2) is 11.5 Å². The minimum absolute atomic E-state index is 0.0459. The van der Waals surface area contributed by atoms with Gasteiger partial charge in [-0.25, -0.2) is 4.79 Å². The van der Waals surface area contributed by atoms with Gasteiger partial charge in [-0.2, -0.15) is 0 Å². The molecule has 1 saturated carbocycles. The lowest BCUT2D eigenvalue weighted by Crippen LogP contribution is -2.54. The van der Waals surface area contributed by atoms with Crippen molar-refractivity contribution >= 4 is 11.9 Å². The first-order chi connectivity index (χ1) is 16.2. The Balaban J connectivity index is 1.56. The van der Waals surface area contributed by atoms with E-state index in [1.54, 1.807) is 0 Å². The molecule has 2 aromatic rings. The molecule has 2 aliphatic rings. The van der Waals surface area contributed by atoms with Crippen molar-refractivity contribution in [3.63, 3.8) is 0 Å². The van der Waals surface area contributed by atoms with E-state index in [1.165, 1.54) is 6.07 Å². The lowest BCUT2D eigenvalue weighted by Gasteiger charge is -2.29. The summed E-state index contributed by atoms with van der Waals surface area (Å²) in [5.74, 6) is -2.52. The third kappa shape index (κ3) is 5.24. The van der Waals surface area contributed by atoms with E-state index in [-0.39, 0.29) is 29.4 Å². The number of hydrogen-bond donors (Lipinski definition) is 2. The number of halogens is 2. The van der Waals surface area contributed by atoms with Crippen molar-refractivity contribution in [1.29, 1.82) is 0 Å². The molecular weight excluding hydrogens is 448 g/mol. The fraction of sp³-hybridized carbons (Fsp3) is 0.440. The van der Waals surface area contributed by atoms with Gasteiger partial charge in [0.25, 0.3) is 5.91 Å². The summed E-state index contributed by atoms with van der Waals surface area (Å²) in [5.41, 5.74) is 0.639. The summed E-state index contributed by atoms with van der Waals surface area (Å²) < 4.78 is 42.5. The van der Waals surface area contributed by atoms with E-state index in [9.17, 15) is 23.5 Å². The minimum Gasteiger partial charge on any atom is -0.489 e. The molecular formula is C25H27F2NO6. The molecule has 0 spiro atoms. The van der Waals surface area contributed by atoms with Crippen LogP contribution in [0.2, 0.25) is 0 Å². The third-order valence-corrected chi connectivity index (χ3v) is 6.18. The number of carboxylic acid groups (broad SMARTS) is 1. The summed E-state index contributed by atoms with van der Waals surface area (Å²) in [4.78, 5) is 25.1. The van der Waals surface area contributed by atoms with E-state index < -0.39 is 23.7 Å². The van der Waals surface area contributed by atoms with E-state index in [1.807, 2.05) is 31.2 Å². The Morgan fingerprint density at radius 2 is 1.82 bits per heavy atom. The van der Waals surface area contributed by atoms with Crippen molar-refractivity contribution in [3.05, 3.63) is 53.1 Å². The maximum absolute atomic E-state index is 13.8. The number of aryl methyl sites for hydroxylation is 1. The van der Waals surface area contributed by atoms with Gasteiger partial charge in [-0.3, -0.25) is 4.79 Å². The molecule has 0 atom stereocenters. The Morgan fingerprint density at radius 3 is 2.50 bits per heavy atom. The van der Waals surface area contributed by atoms with Crippen LogP contribution in [-0.4, -0.2) is 35.4 Å². The fourth-order valence-electron chi connectivity index (χ4n) is 4.42. The number of benzene rings is 2. The normalized spacial score (nSPS) is 18.1. The van der Waals surface area contributed by atoms with Gasteiger partial charge in [0.2, 0.25) is 5.75 Å². The highest BCUT2D eigenvalue weighted by Gasteiger charge is 2.46. The van der Waals surface area contributed by atoms with Crippen LogP contribution in [-0.2, 0) is 11.2 Å². The SMILES string of the molecule is Cc1cccc(CCOc2cc(C(=O)NC3(C(=O)O)CCCCCC3)cc3c2OC(F)(F)O3)c1. The van der Waals surface area contributed by atoms with Crippen molar-refractivity contribution in [2.45, 2.75) is 63.7 Å². The molecule has 34 heavy (non-hydrogen) atoms. The number of aliphatic carboxylic acids is 1. The highest BCUT2D eigenvalue weighted by atomic mass is 19.3. The molecule has 2 aromatic carbocycles. The number of rotatable bonds is 7. The first-order valence-corrected chi connectivity index (χ1v) is 11.4. The largest absolute Gasteiger partial charge is 0.586 e. The van der Waals surface area contributed by atoms with Crippen molar-refractivity contribution in [3.8, 4) is 17.2 Å². The second-order valence-corrected chi connectivity index (χ2v) is 8.81. The topological polar surface area (TPSA) is 94.1 Å². The third-order valence-electron chi connectivity index (χ3n) is 6.18. The van der Waals surface area contributed by atoms with Gasteiger partial charge in [-0.05, 0) is 37.5 Å². The Hall–Kier alpha value is -3.36. The highest BCUT2D eigenvalue weighted by molar-refractivity contribution is 5.99. The van der Waals surface area contributed by atoms with Crippen molar-refractivity contribution in [2.75, 3.05) is 6.61 Å². The second kappa shape index (κ2) is 9.48. The predicted molar refractivity (Wildman–Crippen MR) is 119 cm³/mol. The molecule has 0 radical (unpaired) electrons. The van der Waals surface area contributed by atoms with Crippen molar-refractivity contribution in [1.82, 2.24) is 5.32 Å². The summed E-state index contributed by atoms with van der Waals surface area (Å²) >= 11 is 0. The van der Waals surface area contributed by atoms with Crippen LogP contribution in [0, 0.1) is 6.92 Å². The molecule has 0 saturated heterocycles. The Bertz CT molecular complexity index is 1080. The molecule has 0 bridgehead atoms. The van der Waals surface area contributed by atoms with Crippen molar-refractivity contribution < 1.29 is 37.7 Å². The minimum atomic E-state index is -3.89. The first kappa shape index (κ1) is 23.8. The first-order valence-electron chi connectivity index (χ1n) is 11.4. The fourth-order valence-corrected chi connectivity index (χ4v) is 4.42. The summed E-state index contributed by atoms with van der Waals surface area (Å²) in [5, 5.41) is 12.5. The van der Waals surface area contributed by atoms with E-state index in [0.29, 0.717) is 32.1 Å². The zero-order valence-corrected chi connectivity index (χ0v) is 18.9. The monoisotopic (exact) mass is 475 g/mol. The second-order valence-electron chi connectivity index (χ2n) is 8.81. The van der Waals surface area contributed by atoms with Crippen molar-refractivity contribution in [2.24, 2.45) is 0 Å². The van der Waals surface area contributed by atoms with E-state index in [4.69, 9.17) is 4.74 Å². The van der Waals surface area contributed by atoms with Gasteiger partial charge >= 0.3 is 12.3 Å². The Labute approximate surface area is 196 Å². The molecule has 1 aliphatic carbocycles. The quantitative estimate of drug-likeness (QED) is 0.557. The number of ether oxygens (including phenoxy) is 3. The number of alkyl halides is 2. The van der Waals surface area contributed by atoms with Gasteiger partial charge in [0, 0.05) is 12.0 Å². The Morgan fingerprint density at radius 1 is 1.09 bits per heavy atom. The molecule has 9 heteroatoms. The average molecular weight is 475 g/mol. The maximum atomic E-state index is 13.8. The Kier molecular flexibility index (Phi) is 6.63. The number of carboxylic acids is 1. The molecule has 1 amide bonds. The lowest BCUT2D eigenvalue weighted by atomic mass is 9.89. The summed E-state index contributed by atoms with van der Waals surface area (Å²) in [6.45, 7) is 2.11. The van der Waals surface area contributed by atoms with Crippen LogP contribution in [0.5, 0.6) is 17.2 Å². The molecule has 4 rings (SSSR count). The average Bonchev–Trinajstić information content (AvgIpc) is 2.93. The number of carbonyl (C=O) groups excluding carboxylic acids is 1.